The second-order valence-corrected chi connectivity index (χ2v) is 5.46. The number of hydrogen-bond acceptors (Lipinski definition) is 4. The van der Waals surface area contributed by atoms with Crippen LogP contribution in [-0.2, 0) is 10.3 Å². The van der Waals surface area contributed by atoms with E-state index >= 15 is 0 Å². The highest BCUT2D eigenvalue weighted by atomic mass is 19.1. The van der Waals surface area contributed by atoms with Crippen LogP contribution in [0.5, 0.6) is 0 Å². The van der Waals surface area contributed by atoms with Gasteiger partial charge in [-0.15, -0.1) is 0 Å². The molecule has 1 aromatic heterocycles. The molecule has 0 aliphatic carbocycles. The van der Waals surface area contributed by atoms with Gasteiger partial charge in [0, 0.05) is 17.2 Å². The maximum atomic E-state index is 14.0. The average molecular weight is 327 g/mol. The number of ether oxygens (including phenoxy) is 1. The van der Waals surface area contributed by atoms with Crippen molar-refractivity contribution in [2.75, 3.05) is 6.61 Å². The van der Waals surface area contributed by atoms with Crippen LogP contribution in [-0.4, -0.2) is 27.2 Å². The number of epoxide rings is 1. The van der Waals surface area contributed by atoms with Gasteiger partial charge in [0.2, 0.25) is 5.78 Å². The minimum Gasteiger partial charge on any atom is -0.356 e. The van der Waals surface area contributed by atoms with E-state index in [4.69, 9.17) is 4.74 Å². The van der Waals surface area contributed by atoms with Gasteiger partial charge in [-0.1, -0.05) is 0 Å². The summed E-state index contributed by atoms with van der Waals surface area (Å²) in [4.78, 5) is 16.6. The number of ketones is 1. The first kappa shape index (κ1) is 14.6. The van der Waals surface area contributed by atoms with Gasteiger partial charge in [0.05, 0.1) is 12.3 Å². The van der Waals surface area contributed by atoms with Gasteiger partial charge in [-0.2, -0.15) is 5.10 Å². The first-order valence-corrected chi connectivity index (χ1v) is 7.19. The third-order valence-electron chi connectivity index (χ3n) is 3.98. The van der Waals surface area contributed by atoms with Crippen LogP contribution in [0.25, 0.3) is 5.69 Å². The van der Waals surface area contributed by atoms with Gasteiger partial charge in [0.1, 0.15) is 24.3 Å². The highest BCUT2D eigenvalue weighted by Gasteiger charge is 2.55. The van der Waals surface area contributed by atoms with Crippen LogP contribution >= 0.6 is 0 Å². The molecule has 0 amide bonds. The summed E-state index contributed by atoms with van der Waals surface area (Å²) in [5.41, 5.74) is -0.204. The summed E-state index contributed by atoms with van der Waals surface area (Å²) in [5.74, 6) is -1.85. The Kier molecular flexibility index (Phi) is 3.24. The van der Waals surface area contributed by atoms with Gasteiger partial charge in [-0.3, -0.25) is 4.79 Å². The molecule has 1 atom stereocenters. The number of carbonyl (C=O) groups is 1. The average Bonchev–Trinajstić information content (AvgIpc) is 3.19. The van der Waals surface area contributed by atoms with Crippen molar-refractivity contribution in [3.8, 4) is 5.69 Å². The van der Waals surface area contributed by atoms with E-state index in [1.807, 2.05) is 0 Å². The third kappa shape index (κ3) is 2.30. The second kappa shape index (κ2) is 5.31. The molecule has 0 bridgehead atoms. The standard InChI is InChI=1S/C17H11F2N3O2/c18-12-3-6-14(15(19)7-12)17(8-24-17)16(23)11-1-4-13(5-2-11)22-10-20-9-21-22/h1-7,9-10H,8H2. The molecule has 120 valence electrons. The van der Waals surface area contributed by atoms with Crippen LogP contribution in [0.2, 0.25) is 0 Å². The van der Waals surface area contributed by atoms with Gasteiger partial charge in [0.15, 0.2) is 5.60 Å². The largest absolute Gasteiger partial charge is 0.356 e. The van der Waals surface area contributed by atoms with Crippen molar-refractivity contribution in [1.82, 2.24) is 14.8 Å². The quantitative estimate of drug-likeness (QED) is 0.546. The minimum atomic E-state index is -1.37. The van der Waals surface area contributed by atoms with Gasteiger partial charge in [-0.05, 0) is 36.4 Å². The zero-order valence-electron chi connectivity index (χ0n) is 12.3. The van der Waals surface area contributed by atoms with Crippen molar-refractivity contribution in [2.24, 2.45) is 0 Å². The minimum absolute atomic E-state index is 0.0502. The molecule has 1 saturated heterocycles. The fourth-order valence-electron chi connectivity index (χ4n) is 2.64. The molecule has 1 aliphatic rings. The Balaban J connectivity index is 1.66. The van der Waals surface area contributed by atoms with Gasteiger partial charge in [0.25, 0.3) is 0 Å². The fraction of sp³-hybridized carbons (Fsp3) is 0.118. The Labute approximate surface area is 135 Å². The van der Waals surface area contributed by atoms with Crippen LogP contribution < -0.4 is 0 Å². The van der Waals surface area contributed by atoms with E-state index in [0.717, 1.165) is 17.8 Å². The van der Waals surface area contributed by atoms with E-state index in [1.54, 1.807) is 28.9 Å². The molecule has 1 unspecified atom stereocenters. The summed E-state index contributed by atoms with van der Waals surface area (Å²) in [6.07, 6.45) is 2.94. The van der Waals surface area contributed by atoms with Gasteiger partial charge >= 0.3 is 0 Å². The number of hydrogen-bond donors (Lipinski definition) is 0. The van der Waals surface area contributed by atoms with Crippen molar-refractivity contribution in [1.29, 1.82) is 0 Å². The first-order chi connectivity index (χ1) is 11.6. The van der Waals surface area contributed by atoms with Crippen molar-refractivity contribution in [3.63, 3.8) is 0 Å². The Morgan fingerprint density at radius 3 is 2.50 bits per heavy atom. The molecule has 5 nitrogen and oxygen atoms in total. The number of benzene rings is 2. The highest BCUT2D eigenvalue weighted by Crippen LogP contribution is 2.43. The lowest BCUT2D eigenvalue weighted by Crippen LogP contribution is -2.24. The fourth-order valence-corrected chi connectivity index (χ4v) is 2.64. The lowest BCUT2D eigenvalue weighted by Gasteiger charge is -2.13. The molecular formula is C17H11F2N3O2. The van der Waals surface area contributed by atoms with E-state index in [-0.39, 0.29) is 18.0 Å². The Morgan fingerprint density at radius 2 is 1.92 bits per heavy atom. The van der Waals surface area contributed by atoms with Crippen LogP contribution in [0.3, 0.4) is 0 Å². The smallest absolute Gasteiger partial charge is 0.201 e. The lowest BCUT2D eigenvalue weighted by atomic mass is 9.90. The molecule has 2 heterocycles. The predicted octanol–water partition coefficient (Wildman–Crippen LogP) is 2.65. The molecule has 0 saturated carbocycles. The zero-order valence-corrected chi connectivity index (χ0v) is 12.3. The second-order valence-electron chi connectivity index (χ2n) is 5.46. The predicted molar refractivity (Wildman–Crippen MR) is 79.7 cm³/mol. The van der Waals surface area contributed by atoms with Crippen LogP contribution in [0.15, 0.2) is 55.1 Å². The molecular weight excluding hydrogens is 316 g/mol. The molecule has 2 aromatic carbocycles. The molecule has 3 aromatic rings. The van der Waals surface area contributed by atoms with Gasteiger partial charge in [-0.25, -0.2) is 18.4 Å². The maximum Gasteiger partial charge on any atom is 0.201 e. The molecule has 0 spiro atoms. The molecule has 1 fully saturated rings. The Hall–Kier alpha value is -2.93. The monoisotopic (exact) mass is 327 g/mol. The summed E-state index contributed by atoms with van der Waals surface area (Å²) in [7, 11) is 0. The van der Waals surface area contributed by atoms with Crippen molar-refractivity contribution >= 4 is 5.78 Å². The Bertz CT molecular complexity index is 904. The van der Waals surface area contributed by atoms with Crippen molar-refractivity contribution in [3.05, 3.63) is 77.9 Å². The third-order valence-corrected chi connectivity index (χ3v) is 3.98. The van der Waals surface area contributed by atoms with E-state index in [9.17, 15) is 13.6 Å². The van der Waals surface area contributed by atoms with E-state index in [1.165, 1.54) is 18.7 Å². The lowest BCUT2D eigenvalue weighted by molar-refractivity contribution is 0.0867. The number of carbonyl (C=O) groups excluding carboxylic acids is 1. The number of aromatic nitrogens is 3. The number of nitrogens with zero attached hydrogens (tertiary/aromatic N) is 3. The van der Waals surface area contributed by atoms with E-state index < -0.39 is 17.2 Å². The summed E-state index contributed by atoms with van der Waals surface area (Å²) in [6.45, 7) is 0.0687. The highest BCUT2D eigenvalue weighted by molar-refractivity contribution is 6.04. The summed E-state index contributed by atoms with van der Waals surface area (Å²) < 4.78 is 33.9. The number of halogens is 2. The normalized spacial score (nSPS) is 19.2. The molecule has 0 radical (unpaired) electrons. The molecule has 4 rings (SSSR count). The van der Waals surface area contributed by atoms with E-state index in [0.29, 0.717) is 5.56 Å². The van der Waals surface area contributed by atoms with Crippen molar-refractivity contribution < 1.29 is 18.3 Å². The topological polar surface area (TPSA) is 60.3 Å². The van der Waals surface area contributed by atoms with Crippen LogP contribution in [0.1, 0.15) is 15.9 Å². The summed E-state index contributed by atoms with van der Waals surface area (Å²) in [6, 6.07) is 9.76. The number of Topliss-reactive ketones (excluding diaryl/α,β-unsaturated/α-hetero) is 1. The molecule has 7 heteroatoms. The zero-order chi connectivity index (χ0) is 16.7. The Morgan fingerprint density at radius 1 is 1.17 bits per heavy atom. The SMILES string of the molecule is O=C(c1ccc(-n2cncn2)cc1)C1(c2ccc(F)cc2F)CO1. The van der Waals surface area contributed by atoms with Gasteiger partial charge < -0.3 is 4.74 Å². The molecule has 1 aliphatic heterocycles. The molecule has 24 heavy (non-hydrogen) atoms. The van der Waals surface area contributed by atoms with Crippen LogP contribution in [0.4, 0.5) is 8.78 Å². The summed E-state index contributed by atoms with van der Waals surface area (Å²) >= 11 is 0. The van der Waals surface area contributed by atoms with Crippen LogP contribution in [0, 0.1) is 11.6 Å². The number of rotatable bonds is 4. The maximum absolute atomic E-state index is 14.0. The first-order valence-electron chi connectivity index (χ1n) is 7.19. The summed E-state index contributed by atoms with van der Waals surface area (Å²) in [5, 5.41) is 4.00. The molecule has 0 N–H and O–H groups in total. The van der Waals surface area contributed by atoms with Crippen molar-refractivity contribution in [2.45, 2.75) is 5.60 Å². The van der Waals surface area contributed by atoms with E-state index in [2.05, 4.69) is 10.1 Å².